The van der Waals surface area contributed by atoms with Crippen molar-refractivity contribution in [3.8, 4) is 5.69 Å². The van der Waals surface area contributed by atoms with Gasteiger partial charge in [-0.15, -0.1) is 0 Å². The fourth-order valence-electron chi connectivity index (χ4n) is 4.98. The zero-order chi connectivity index (χ0) is 23.9. The van der Waals surface area contributed by atoms with Crippen LogP contribution in [0.25, 0.3) is 38.3 Å². The number of nitrogens with one attached hydrogen (secondary N) is 1. The summed E-state index contributed by atoms with van der Waals surface area (Å²) in [5.74, 6) is 0.536. The third kappa shape index (κ3) is 3.61. The van der Waals surface area contributed by atoms with Crippen LogP contribution in [-0.4, -0.2) is 46.1 Å². The Morgan fingerprint density at radius 3 is 2.44 bits per heavy atom. The fraction of sp³-hybridized carbons (Fsp3) is 0.138. The minimum absolute atomic E-state index is 0.536. The van der Waals surface area contributed by atoms with Crippen LogP contribution in [0.15, 0.2) is 91.3 Å². The van der Waals surface area contributed by atoms with Crippen LogP contribution < -0.4 is 10.2 Å². The Morgan fingerprint density at radius 1 is 0.750 bits per heavy atom. The maximum absolute atomic E-state index is 5.46. The zero-order valence-corrected chi connectivity index (χ0v) is 19.6. The maximum atomic E-state index is 5.46. The molecule has 1 N–H and O–H groups in total. The largest absolute Gasteiger partial charge is 0.378 e. The summed E-state index contributed by atoms with van der Waals surface area (Å²) >= 11 is 0. The monoisotopic (exact) mass is 472 g/mol. The molecule has 0 bridgehead atoms. The highest BCUT2D eigenvalue weighted by Gasteiger charge is 2.14. The third-order valence-electron chi connectivity index (χ3n) is 6.78. The standard InChI is InChI=1S/C29H24N6O/c1-2-6-25-20(4-1)8-9-21-5-3-7-26(27(21)25)35-28-22(19-31-35)18-30-29(33-28)32-23-10-12-24(13-11-23)34-14-16-36-17-15-34/h1-13,18-19H,14-17H2,(H,30,32,33). The first-order chi connectivity index (χ1) is 17.8. The minimum atomic E-state index is 0.536. The second-order valence-corrected chi connectivity index (χ2v) is 8.96. The minimum Gasteiger partial charge on any atom is -0.378 e. The Kier molecular flexibility index (Phi) is 4.99. The van der Waals surface area contributed by atoms with E-state index in [1.165, 1.54) is 21.8 Å². The van der Waals surface area contributed by atoms with E-state index in [0.717, 1.165) is 54.1 Å². The van der Waals surface area contributed by atoms with Crippen LogP contribution in [0.4, 0.5) is 17.3 Å². The molecule has 7 rings (SSSR count). The Hall–Kier alpha value is -4.49. The zero-order valence-electron chi connectivity index (χ0n) is 19.6. The van der Waals surface area contributed by atoms with Gasteiger partial charge in [0.2, 0.25) is 5.95 Å². The summed E-state index contributed by atoms with van der Waals surface area (Å²) in [6.45, 7) is 3.38. The lowest BCUT2D eigenvalue weighted by Gasteiger charge is -2.28. The van der Waals surface area contributed by atoms with Crippen molar-refractivity contribution in [1.82, 2.24) is 19.7 Å². The molecule has 1 saturated heterocycles. The smallest absolute Gasteiger partial charge is 0.229 e. The highest BCUT2D eigenvalue weighted by molar-refractivity contribution is 6.11. The second kappa shape index (κ2) is 8.62. The van der Waals surface area contributed by atoms with Crippen LogP contribution in [-0.2, 0) is 4.74 Å². The first-order valence-corrected chi connectivity index (χ1v) is 12.1. The summed E-state index contributed by atoms with van der Waals surface area (Å²) in [6, 6.07) is 27.4. The molecule has 36 heavy (non-hydrogen) atoms. The molecule has 0 atom stereocenters. The molecule has 7 heteroatoms. The predicted octanol–water partition coefficient (Wildman–Crippen LogP) is 5.70. The molecule has 176 valence electrons. The molecular weight excluding hydrogens is 448 g/mol. The number of rotatable bonds is 4. The number of aromatic nitrogens is 4. The van der Waals surface area contributed by atoms with Crippen LogP contribution in [0.5, 0.6) is 0 Å². The molecule has 4 aromatic carbocycles. The SMILES string of the molecule is c1ccc2c(c1)ccc1cccc(-n3ncc4cnc(Nc5ccc(N6CCOCC6)cc5)nc43)c12. The summed E-state index contributed by atoms with van der Waals surface area (Å²) in [5, 5.41) is 13.7. The Labute approximate surface area is 208 Å². The van der Waals surface area contributed by atoms with Crippen molar-refractivity contribution in [2.24, 2.45) is 0 Å². The number of hydrogen-bond acceptors (Lipinski definition) is 6. The van der Waals surface area contributed by atoms with Crippen molar-refractivity contribution >= 4 is 49.9 Å². The summed E-state index contributed by atoms with van der Waals surface area (Å²) in [4.78, 5) is 11.7. The van der Waals surface area contributed by atoms with E-state index < -0.39 is 0 Å². The van der Waals surface area contributed by atoms with Gasteiger partial charge in [-0.25, -0.2) is 9.67 Å². The van der Waals surface area contributed by atoms with Crippen LogP contribution in [0.3, 0.4) is 0 Å². The van der Waals surface area contributed by atoms with Crippen molar-refractivity contribution in [2.75, 3.05) is 36.5 Å². The van der Waals surface area contributed by atoms with Gasteiger partial charge in [0.05, 0.1) is 30.5 Å². The number of morpholine rings is 1. The molecule has 1 aliphatic rings. The van der Waals surface area contributed by atoms with Crippen molar-refractivity contribution in [3.63, 3.8) is 0 Å². The van der Waals surface area contributed by atoms with E-state index in [1.54, 1.807) is 0 Å². The number of hydrogen-bond donors (Lipinski definition) is 1. The van der Waals surface area contributed by atoms with Gasteiger partial charge in [0.1, 0.15) is 0 Å². The van der Waals surface area contributed by atoms with Crippen LogP contribution in [0.2, 0.25) is 0 Å². The lowest BCUT2D eigenvalue weighted by molar-refractivity contribution is 0.122. The van der Waals surface area contributed by atoms with E-state index in [4.69, 9.17) is 14.8 Å². The van der Waals surface area contributed by atoms with E-state index in [-0.39, 0.29) is 0 Å². The van der Waals surface area contributed by atoms with Crippen LogP contribution in [0, 0.1) is 0 Å². The van der Waals surface area contributed by atoms with E-state index in [0.29, 0.717) is 5.95 Å². The number of benzene rings is 4. The average Bonchev–Trinajstić information content (AvgIpc) is 3.37. The molecule has 1 aliphatic heterocycles. The first kappa shape index (κ1) is 20.8. The van der Waals surface area contributed by atoms with Gasteiger partial charge in [-0.05, 0) is 46.5 Å². The van der Waals surface area contributed by atoms with Gasteiger partial charge in [0.25, 0.3) is 0 Å². The summed E-state index contributed by atoms with van der Waals surface area (Å²) in [6.07, 6.45) is 3.64. The molecule has 3 heterocycles. The molecular formula is C29H24N6O. The lowest BCUT2D eigenvalue weighted by atomic mass is 10.0. The molecule has 0 spiro atoms. The van der Waals surface area contributed by atoms with Crippen molar-refractivity contribution < 1.29 is 4.74 Å². The molecule has 0 radical (unpaired) electrons. The van der Waals surface area contributed by atoms with Gasteiger partial charge in [-0.2, -0.15) is 10.1 Å². The molecule has 0 saturated carbocycles. The first-order valence-electron chi connectivity index (χ1n) is 12.1. The van der Waals surface area contributed by atoms with E-state index in [9.17, 15) is 0 Å². The van der Waals surface area contributed by atoms with Crippen molar-refractivity contribution in [2.45, 2.75) is 0 Å². The number of fused-ring (bicyclic) bond motifs is 4. The second-order valence-electron chi connectivity index (χ2n) is 8.96. The topological polar surface area (TPSA) is 68.1 Å². The van der Waals surface area contributed by atoms with Crippen LogP contribution >= 0.6 is 0 Å². The summed E-state index contributed by atoms with van der Waals surface area (Å²) in [7, 11) is 0. The van der Waals surface area contributed by atoms with Crippen molar-refractivity contribution in [1.29, 1.82) is 0 Å². The average molecular weight is 473 g/mol. The van der Waals surface area contributed by atoms with Gasteiger partial charge >= 0.3 is 0 Å². The maximum Gasteiger partial charge on any atom is 0.229 e. The van der Waals surface area contributed by atoms with Crippen molar-refractivity contribution in [3.05, 3.63) is 91.3 Å². The molecule has 1 fully saturated rings. The summed E-state index contributed by atoms with van der Waals surface area (Å²) < 4.78 is 7.38. The quantitative estimate of drug-likeness (QED) is 0.332. The van der Waals surface area contributed by atoms with Gasteiger partial charge in [-0.1, -0.05) is 48.5 Å². The number of ether oxygens (including phenoxy) is 1. The van der Waals surface area contributed by atoms with E-state index >= 15 is 0 Å². The predicted molar refractivity (Wildman–Crippen MR) is 144 cm³/mol. The van der Waals surface area contributed by atoms with Gasteiger partial charge in [0.15, 0.2) is 5.65 Å². The Bertz CT molecular complexity index is 1700. The van der Waals surface area contributed by atoms with E-state index in [2.05, 4.69) is 94.1 Å². The van der Waals surface area contributed by atoms with Gasteiger partial charge in [-0.3, -0.25) is 0 Å². The van der Waals surface area contributed by atoms with Crippen LogP contribution in [0.1, 0.15) is 0 Å². The lowest BCUT2D eigenvalue weighted by Crippen LogP contribution is -2.36. The normalized spacial score (nSPS) is 14.1. The molecule has 0 amide bonds. The Morgan fingerprint density at radius 2 is 1.56 bits per heavy atom. The third-order valence-corrected chi connectivity index (χ3v) is 6.78. The molecule has 6 aromatic rings. The molecule has 7 nitrogen and oxygen atoms in total. The number of nitrogens with zero attached hydrogens (tertiary/aromatic N) is 5. The van der Waals surface area contributed by atoms with E-state index in [1.807, 2.05) is 17.1 Å². The van der Waals surface area contributed by atoms with Gasteiger partial charge in [0, 0.05) is 36.0 Å². The highest BCUT2D eigenvalue weighted by atomic mass is 16.5. The highest BCUT2D eigenvalue weighted by Crippen LogP contribution is 2.32. The fourth-order valence-corrected chi connectivity index (χ4v) is 4.98. The number of anilines is 3. The molecule has 0 aliphatic carbocycles. The Balaban J connectivity index is 1.26. The summed E-state index contributed by atoms with van der Waals surface area (Å²) in [5.41, 5.74) is 3.90. The molecule has 2 aromatic heterocycles. The van der Waals surface area contributed by atoms with Gasteiger partial charge < -0.3 is 15.0 Å². The molecule has 0 unspecified atom stereocenters.